The highest BCUT2D eigenvalue weighted by Crippen LogP contribution is 2.37. The molecule has 1 heterocycles. The summed E-state index contributed by atoms with van der Waals surface area (Å²) in [6, 6.07) is 8.46. The minimum absolute atomic E-state index is 0.0144. The molecule has 10 nitrogen and oxygen atoms in total. The maximum atomic E-state index is 14.8. The van der Waals surface area contributed by atoms with E-state index in [-0.39, 0.29) is 62.1 Å². The van der Waals surface area contributed by atoms with Crippen LogP contribution in [-0.4, -0.2) is 83.8 Å². The maximum absolute atomic E-state index is 14.8. The molecule has 41 heavy (non-hydrogen) atoms. The molecule has 4 N–H and O–H groups in total. The van der Waals surface area contributed by atoms with Gasteiger partial charge in [-0.15, -0.1) is 0 Å². The van der Waals surface area contributed by atoms with Crippen LogP contribution >= 0.6 is 22.6 Å². The average molecular weight is 684 g/mol. The summed E-state index contributed by atoms with van der Waals surface area (Å²) in [5.41, 5.74) is 1.11. The van der Waals surface area contributed by atoms with Gasteiger partial charge < -0.3 is 39.7 Å². The molecule has 2 aromatic rings. The fourth-order valence-electron chi connectivity index (χ4n) is 5.03. The summed E-state index contributed by atoms with van der Waals surface area (Å²) in [5.74, 6) is -1.16. The van der Waals surface area contributed by atoms with Crippen molar-refractivity contribution in [3.8, 4) is 11.5 Å². The Balaban J connectivity index is 1.74. The number of carbonyl (C=O) groups excluding carboxylic acids is 2. The van der Waals surface area contributed by atoms with Crippen molar-refractivity contribution < 1.29 is 43.5 Å². The Morgan fingerprint density at radius 3 is 2.68 bits per heavy atom. The predicted molar refractivity (Wildman–Crippen MR) is 155 cm³/mol. The maximum Gasteiger partial charge on any atom is 0.247 e. The highest BCUT2D eigenvalue weighted by atomic mass is 127. The summed E-state index contributed by atoms with van der Waals surface area (Å²) in [7, 11) is 1.45. The summed E-state index contributed by atoms with van der Waals surface area (Å²) < 4.78 is 32.5. The summed E-state index contributed by atoms with van der Waals surface area (Å²) in [5, 5.41) is 33.1. The van der Waals surface area contributed by atoms with Gasteiger partial charge in [-0.25, -0.2) is 4.39 Å². The molecule has 0 saturated carbocycles. The summed E-state index contributed by atoms with van der Waals surface area (Å²) in [4.78, 5) is 28.3. The summed E-state index contributed by atoms with van der Waals surface area (Å²) >= 11 is 2.03. The Hall–Kier alpha value is -2.78. The van der Waals surface area contributed by atoms with Crippen molar-refractivity contribution in [1.29, 1.82) is 0 Å². The molecule has 4 atom stereocenters. The van der Waals surface area contributed by atoms with Crippen molar-refractivity contribution in [2.75, 3.05) is 33.5 Å². The zero-order valence-electron chi connectivity index (χ0n) is 22.6. The molecule has 4 rings (SSSR count). The Morgan fingerprint density at radius 2 is 2.02 bits per heavy atom. The van der Waals surface area contributed by atoms with Crippen molar-refractivity contribution in [3.05, 3.63) is 68.6 Å². The molecule has 1 saturated heterocycles. The lowest BCUT2D eigenvalue weighted by Gasteiger charge is -2.41. The number of rotatable bonds is 11. The number of amides is 2. The van der Waals surface area contributed by atoms with Gasteiger partial charge in [0.2, 0.25) is 11.8 Å². The molecular weight excluding hydrogens is 650 g/mol. The SMILES string of the molecule is COc1cc(CO)cc(I)c1O[C@H]1C=C(C(=O)NCCO)C[C@@H](N(Cc2ccccc2F)C(=O)C2CCOC2)[C@@H]1O. The molecule has 1 fully saturated rings. The summed E-state index contributed by atoms with van der Waals surface area (Å²) in [6.45, 7) is 0.0287. The van der Waals surface area contributed by atoms with E-state index in [1.807, 2.05) is 22.6 Å². The first-order valence-corrected chi connectivity index (χ1v) is 14.4. The van der Waals surface area contributed by atoms with Crippen molar-refractivity contribution in [3.63, 3.8) is 0 Å². The number of aliphatic hydroxyl groups is 3. The zero-order valence-corrected chi connectivity index (χ0v) is 24.8. The number of benzene rings is 2. The highest BCUT2D eigenvalue weighted by Gasteiger charge is 2.43. The van der Waals surface area contributed by atoms with Crippen LogP contribution in [-0.2, 0) is 27.5 Å². The van der Waals surface area contributed by atoms with Crippen LogP contribution in [0.1, 0.15) is 24.0 Å². The van der Waals surface area contributed by atoms with Crippen LogP contribution in [0.5, 0.6) is 11.5 Å². The fraction of sp³-hybridized carbons (Fsp3) is 0.448. The standard InChI is InChI=1S/C29H34FIN2O8/c1-39-25-11-17(15-35)10-22(31)27(25)41-24-13-20(28(37)32-7-8-34)12-23(26(24)36)33(29(38)19-6-9-40-16-19)14-18-4-2-3-5-21(18)30/h2-5,10-11,13,19,23-24,26,34-36H,6-9,12,14-16H2,1H3,(H,32,37)/t19?,23-,24+,26+/m1/s1. The van der Waals surface area contributed by atoms with Crippen LogP contribution < -0.4 is 14.8 Å². The lowest BCUT2D eigenvalue weighted by atomic mass is 9.87. The third-order valence-corrected chi connectivity index (χ3v) is 8.00. The number of ether oxygens (including phenoxy) is 3. The normalized spacial score (nSPS) is 22.1. The number of aliphatic hydroxyl groups excluding tert-OH is 3. The molecule has 2 aromatic carbocycles. The molecule has 1 aliphatic heterocycles. The molecule has 0 spiro atoms. The van der Waals surface area contributed by atoms with E-state index in [1.165, 1.54) is 24.2 Å². The van der Waals surface area contributed by atoms with Crippen LogP contribution in [0.2, 0.25) is 0 Å². The topological polar surface area (TPSA) is 138 Å². The summed E-state index contributed by atoms with van der Waals surface area (Å²) in [6.07, 6.45) is -0.443. The van der Waals surface area contributed by atoms with Crippen LogP contribution in [0.3, 0.4) is 0 Å². The van der Waals surface area contributed by atoms with E-state index in [2.05, 4.69) is 5.32 Å². The molecule has 0 radical (unpaired) electrons. The smallest absolute Gasteiger partial charge is 0.247 e. The van der Waals surface area contributed by atoms with Gasteiger partial charge in [-0.1, -0.05) is 18.2 Å². The van der Waals surface area contributed by atoms with Gasteiger partial charge in [-0.3, -0.25) is 9.59 Å². The Labute approximate surface area is 251 Å². The fourth-order valence-corrected chi connectivity index (χ4v) is 5.82. The monoisotopic (exact) mass is 684 g/mol. The van der Waals surface area contributed by atoms with E-state index in [0.29, 0.717) is 27.9 Å². The van der Waals surface area contributed by atoms with Crippen LogP contribution in [0.25, 0.3) is 0 Å². The van der Waals surface area contributed by atoms with Crippen molar-refractivity contribution in [2.45, 2.75) is 44.2 Å². The first-order valence-electron chi connectivity index (χ1n) is 13.3. The first kappa shape index (κ1) is 31.2. The van der Waals surface area contributed by atoms with Gasteiger partial charge in [0.25, 0.3) is 0 Å². The number of hydrogen-bond donors (Lipinski definition) is 4. The predicted octanol–water partition coefficient (Wildman–Crippen LogP) is 1.91. The van der Waals surface area contributed by atoms with Crippen molar-refractivity contribution >= 4 is 34.4 Å². The number of carbonyl (C=O) groups is 2. The minimum atomic E-state index is -1.31. The van der Waals surface area contributed by atoms with Gasteiger partial charge in [-0.05, 0) is 58.9 Å². The number of nitrogens with one attached hydrogen (secondary N) is 1. The second-order valence-electron chi connectivity index (χ2n) is 9.90. The molecule has 222 valence electrons. The van der Waals surface area contributed by atoms with E-state index >= 15 is 0 Å². The zero-order chi connectivity index (χ0) is 29.5. The minimum Gasteiger partial charge on any atom is -0.493 e. The van der Waals surface area contributed by atoms with E-state index in [0.717, 1.165) is 0 Å². The first-order chi connectivity index (χ1) is 19.8. The molecule has 1 aliphatic carbocycles. The van der Waals surface area contributed by atoms with Crippen molar-refractivity contribution in [1.82, 2.24) is 10.2 Å². The molecule has 1 unspecified atom stereocenters. The number of halogens is 2. The lowest BCUT2D eigenvalue weighted by Crippen LogP contribution is -2.56. The average Bonchev–Trinajstić information content (AvgIpc) is 3.52. The van der Waals surface area contributed by atoms with Crippen molar-refractivity contribution in [2.24, 2.45) is 5.92 Å². The second kappa shape index (κ2) is 14.4. The Morgan fingerprint density at radius 1 is 1.24 bits per heavy atom. The molecule has 0 bridgehead atoms. The van der Waals surface area contributed by atoms with Crippen LogP contribution in [0.15, 0.2) is 48.0 Å². The van der Waals surface area contributed by atoms with E-state index in [4.69, 9.17) is 14.2 Å². The van der Waals surface area contributed by atoms with Gasteiger partial charge >= 0.3 is 0 Å². The Kier molecular flexibility index (Phi) is 10.9. The number of nitrogens with zero attached hydrogens (tertiary/aromatic N) is 1. The molecule has 12 heteroatoms. The molecular formula is C29H34FIN2O8. The number of hydrogen-bond acceptors (Lipinski definition) is 8. The Bertz CT molecular complexity index is 1270. The van der Waals surface area contributed by atoms with E-state index in [9.17, 15) is 29.3 Å². The molecule has 2 amide bonds. The number of methoxy groups -OCH3 is 1. The quantitative estimate of drug-likeness (QED) is 0.264. The van der Waals surface area contributed by atoms with Gasteiger partial charge in [0, 0.05) is 37.3 Å². The third kappa shape index (κ3) is 7.36. The molecule has 2 aliphatic rings. The van der Waals surface area contributed by atoms with Gasteiger partial charge in [0.1, 0.15) is 18.0 Å². The second-order valence-corrected chi connectivity index (χ2v) is 11.1. The lowest BCUT2D eigenvalue weighted by molar-refractivity contribution is -0.143. The van der Waals surface area contributed by atoms with Gasteiger partial charge in [0.05, 0.1) is 42.5 Å². The molecule has 0 aromatic heterocycles. The third-order valence-electron chi connectivity index (χ3n) is 7.20. The van der Waals surface area contributed by atoms with Crippen LogP contribution in [0, 0.1) is 15.3 Å². The largest absolute Gasteiger partial charge is 0.493 e. The van der Waals surface area contributed by atoms with Gasteiger partial charge in [0.15, 0.2) is 11.5 Å². The van der Waals surface area contributed by atoms with Crippen LogP contribution in [0.4, 0.5) is 4.39 Å². The van der Waals surface area contributed by atoms with Gasteiger partial charge in [-0.2, -0.15) is 0 Å². The van der Waals surface area contributed by atoms with E-state index in [1.54, 1.807) is 30.3 Å². The van der Waals surface area contributed by atoms with E-state index < -0.39 is 35.9 Å². The highest BCUT2D eigenvalue weighted by molar-refractivity contribution is 14.1.